The summed E-state index contributed by atoms with van der Waals surface area (Å²) in [7, 11) is 1.62. The Morgan fingerprint density at radius 3 is 2.82 bits per heavy atom. The molecule has 2 unspecified atom stereocenters. The molecule has 1 aromatic rings. The average molecular weight is 275 g/mol. The largest absolute Gasteiger partial charge is 0.382 e. The zero-order valence-electron chi connectivity index (χ0n) is 9.75. The fourth-order valence-corrected chi connectivity index (χ4v) is 3.05. The van der Waals surface area contributed by atoms with Gasteiger partial charge in [0, 0.05) is 12.7 Å². The maximum atomic E-state index is 10.8. The SMILES string of the molecule is COC1CCCCC1(O)c1cccc(Cl)c1Cl. The van der Waals surface area contributed by atoms with Gasteiger partial charge in [0.1, 0.15) is 5.60 Å². The van der Waals surface area contributed by atoms with Crippen LogP contribution in [0.5, 0.6) is 0 Å². The zero-order valence-corrected chi connectivity index (χ0v) is 11.3. The van der Waals surface area contributed by atoms with Crippen LogP contribution in [0.15, 0.2) is 18.2 Å². The molecule has 0 amide bonds. The standard InChI is InChI=1S/C13H16Cl2O2/c1-17-11-7-2-3-8-13(11,16)9-5-4-6-10(14)12(9)15/h4-6,11,16H,2-3,7-8H2,1H3. The normalized spacial score (nSPS) is 29.3. The summed E-state index contributed by atoms with van der Waals surface area (Å²) in [6.07, 6.45) is 3.33. The Bertz CT molecular complexity index is 408. The molecule has 1 saturated carbocycles. The van der Waals surface area contributed by atoms with Crippen molar-refractivity contribution in [2.24, 2.45) is 0 Å². The van der Waals surface area contributed by atoms with Gasteiger partial charge in [-0.1, -0.05) is 48.2 Å². The highest BCUT2D eigenvalue weighted by atomic mass is 35.5. The molecule has 0 aromatic heterocycles. The van der Waals surface area contributed by atoms with Crippen molar-refractivity contribution >= 4 is 23.2 Å². The predicted octanol–water partition coefficient (Wildman–Crippen LogP) is 3.77. The van der Waals surface area contributed by atoms with Crippen molar-refractivity contribution in [3.8, 4) is 0 Å². The van der Waals surface area contributed by atoms with Gasteiger partial charge in [-0.15, -0.1) is 0 Å². The van der Waals surface area contributed by atoms with Gasteiger partial charge in [0.2, 0.25) is 0 Å². The smallest absolute Gasteiger partial charge is 0.117 e. The Balaban J connectivity index is 2.45. The van der Waals surface area contributed by atoms with Gasteiger partial charge in [-0.05, 0) is 18.9 Å². The maximum Gasteiger partial charge on any atom is 0.117 e. The third kappa shape index (κ3) is 2.32. The molecule has 1 aliphatic carbocycles. The molecule has 0 bridgehead atoms. The number of methoxy groups -OCH3 is 1. The van der Waals surface area contributed by atoms with Crippen molar-refractivity contribution in [3.63, 3.8) is 0 Å². The van der Waals surface area contributed by atoms with E-state index in [0.29, 0.717) is 22.0 Å². The topological polar surface area (TPSA) is 29.5 Å². The van der Waals surface area contributed by atoms with E-state index < -0.39 is 5.60 Å². The molecule has 1 N–H and O–H groups in total. The van der Waals surface area contributed by atoms with E-state index in [1.54, 1.807) is 13.2 Å². The number of aliphatic hydroxyl groups is 1. The fraction of sp³-hybridized carbons (Fsp3) is 0.538. The van der Waals surface area contributed by atoms with Gasteiger partial charge in [-0.3, -0.25) is 0 Å². The van der Waals surface area contributed by atoms with Crippen LogP contribution in [0, 0.1) is 0 Å². The lowest BCUT2D eigenvalue weighted by Gasteiger charge is -2.40. The lowest BCUT2D eigenvalue weighted by atomic mass is 9.77. The molecule has 1 aliphatic rings. The zero-order chi connectivity index (χ0) is 12.5. The van der Waals surface area contributed by atoms with Crippen molar-refractivity contribution in [1.82, 2.24) is 0 Å². The van der Waals surface area contributed by atoms with Gasteiger partial charge in [0.15, 0.2) is 0 Å². The molecule has 1 aromatic carbocycles. The number of halogens is 2. The van der Waals surface area contributed by atoms with Gasteiger partial charge < -0.3 is 9.84 Å². The minimum Gasteiger partial charge on any atom is -0.382 e. The Labute approximate surface area is 111 Å². The second kappa shape index (κ2) is 5.15. The van der Waals surface area contributed by atoms with E-state index in [9.17, 15) is 5.11 Å². The number of ether oxygens (including phenoxy) is 1. The number of benzene rings is 1. The molecular formula is C13H16Cl2O2. The van der Waals surface area contributed by atoms with Crippen LogP contribution in [0.4, 0.5) is 0 Å². The highest BCUT2D eigenvalue weighted by Crippen LogP contribution is 2.43. The molecule has 1 fully saturated rings. The average Bonchev–Trinajstić information content (AvgIpc) is 2.33. The number of hydrogen-bond donors (Lipinski definition) is 1. The summed E-state index contributed by atoms with van der Waals surface area (Å²) in [4.78, 5) is 0. The third-order valence-corrected chi connectivity index (χ3v) is 4.33. The van der Waals surface area contributed by atoms with E-state index in [0.717, 1.165) is 19.3 Å². The number of hydrogen-bond acceptors (Lipinski definition) is 2. The van der Waals surface area contributed by atoms with Crippen molar-refractivity contribution in [2.75, 3.05) is 7.11 Å². The van der Waals surface area contributed by atoms with Crippen LogP contribution >= 0.6 is 23.2 Å². The second-order valence-electron chi connectivity index (χ2n) is 4.50. The summed E-state index contributed by atoms with van der Waals surface area (Å²) >= 11 is 12.2. The van der Waals surface area contributed by atoms with Gasteiger partial charge >= 0.3 is 0 Å². The quantitative estimate of drug-likeness (QED) is 0.890. The Morgan fingerprint density at radius 1 is 1.35 bits per heavy atom. The van der Waals surface area contributed by atoms with E-state index in [-0.39, 0.29) is 6.10 Å². The second-order valence-corrected chi connectivity index (χ2v) is 5.28. The van der Waals surface area contributed by atoms with Gasteiger partial charge in [-0.2, -0.15) is 0 Å². The van der Waals surface area contributed by atoms with E-state index in [1.165, 1.54) is 0 Å². The van der Waals surface area contributed by atoms with E-state index in [1.807, 2.05) is 12.1 Å². The predicted molar refractivity (Wildman–Crippen MR) is 69.6 cm³/mol. The van der Waals surface area contributed by atoms with Crippen LogP contribution in [0.2, 0.25) is 10.0 Å². The van der Waals surface area contributed by atoms with Crippen LogP contribution in [0.1, 0.15) is 31.2 Å². The summed E-state index contributed by atoms with van der Waals surface area (Å²) in [5.74, 6) is 0. The molecular weight excluding hydrogens is 259 g/mol. The van der Waals surface area contributed by atoms with Gasteiger partial charge in [-0.25, -0.2) is 0 Å². The minimum atomic E-state index is -1.02. The summed E-state index contributed by atoms with van der Waals surface area (Å²) < 4.78 is 5.40. The van der Waals surface area contributed by atoms with E-state index in [2.05, 4.69) is 0 Å². The van der Waals surface area contributed by atoms with Crippen LogP contribution in [0.3, 0.4) is 0 Å². The molecule has 2 rings (SSSR count). The molecule has 2 atom stereocenters. The molecule has 0 aliphatic heterocycles. The van der Waals surface area contributed by atoms with Crippen LogP contribution in [-0.2, 0) is 10.3 Å². The first-order chi connectivity index (χ1) is 8.09. The molecule has 17 heavy (non-hydrogen) atoms. The van der Waals surface area contributed by atoms with Crippen LogP contribution < -0.4 is 0 Å². The fourth-order valence-electron chi connectivity index (χ4n) is 2.58. The molecule has 0 saturated heterocycles. The summed E-state index contributed by atoms with van der Waals surface area (Å²) in [5, 5.41) is 11.7. The van der Waals surface area contributed by atoms with Crippen LogP contribution in [0.25, 0.3) is 0 Å². The van der Waals surface area contributed by atoms with E-state index >= 15 is 0 Å². The van der Waals surface area contributed by atoms with Crippen molar-refractivity contribution in [1.29, 1.82) is 0 Å². The summed E-state index contributed by atoms with van der Waals surface area (Å²) in [6.45, 7) is 0. The lowest BCUT2D eigenvalue weighted by Crippen LogP contribution is -2.43. The molecule has 94 valence electrons. The lowest BCUT2D eigenvalue weighted by molar-refractivity contribution is -0.122. The highest BCUT2D eigenvalue weighted by Gasteiger charge is 2.42. The first-order valence-electron chi connectivity index (χ1n) is 5.79. The van der Waals surface area contributed by atoms with Gasteiger partial charge in [0.25, 0.3) is 0 Å². The Hall–Kier alpha value is -0.280. The Morgan fingerprint density at radius 2 is 2.12 bits per heavy atom. The summed E-state index contributed by atoms with van der Waals surface area (Å²) in [6, 6.07) is 5.36. The minimum absolute atomic E-state index is 0.216. The first-order valence-corrected chi connectivity index (χ1v) is 6.55. The van der Waals surface area contributed by atoms with Crippen molar-refractivity contribution < 1.29 is 9.84 Å². The molecule has 0 heterocycles. The molecule has 4 heteroatoms. The Kier molecular flexibility index (Phi) is 3.99. The third-order valence-electron chi connectivity index (χ3n) is 3.51. The van der Waals surface area contributed by atoms with Crippen LogP contribution in [-0.4, -0.2) is 18.3 Å². The summed E-state index contributed by atoms with van der Waals surface area (Å²) in [5.41, 5.74) is -0.340. The van der Waals surface area contributed by atoms with Gasteiger partial charge in [0.05, 0.1) is 16.1 Å². The maximum absolute atomic E-state index is 10.8. The highest BCUT2D eigenvalue weighted by molar-refractivity contribution is 6.42. The number of rotatable bonds is 2. The van der Waals surface area contributed by atoms with Crippen molar-refractivity contribution in [3.05, 3.63) is 33.8 Å². The first kappa shape index (κ1) is 13.2. The van der Waals surface area contributed by atoms with E-state index in [4.69, 9.17) is 27.9 Å². The monoisotopic (exact) mass is 274 g/mol. The molecule has 0 radical (unpaired) electrons. The molecule has 2 nitrogen and oxygen atoms in total. The molecule has 0 spiro atoms. The van der Waals surface area contributed by atoms with Crippen molar-refractivity contribution in [2.45, 2.75) is 37.4 Å².